The number of carboxylic acids is 1. The van der Waals surface area contributed by atoms with E-state index in [9.17, 15) is 25.0 Å². The molecule has 11 nitrogen and oxygen atoms in total. The molecule has 2 rings (SSSR count). The standard InChI is InChI=1S/C15H12N4O7/c20-15(21)9-26-12-4-1-10(2-5-12)8-16-17-13-6-3-11(18(22)23)7-14(13)19(24)25/h1-8,17H,9H2,(H,20,21)/b16-8-. The summed E-state index contributed by atoms with van der Waals surface area (Å²) in [4.78, 5) is 30.6. The summed E-state index contributed by atoms with van der Waals surface area (Å²) in [5, 5.41) is 34.1. The van der Waals surface area contributed by atoms with Gasteiger partial charge in [-0.2, -0.15) is 5.10 Å². The number of rotatable bonds is 8. The van der Waals surface area contributed by atoms with Crippen LogP contribution in [0.5, 0.6) is 5.75 Å². The van der Waals surface area contributed by atoms with Gasteiger partial charge in [-0.3, -0.25) is 25.7 Å². The number of ether oxygens (including phenoxy) is 1. The Morgan fingerprint density at radius 3 is 2.42 bits per heavy atom. The van der Waals surface area contributed by atoms with Gasteiger partial charge in [0.2, 0.25) is 0 Å². The van der Waals surface area contributed by atoms with Gasteiger partial charge in [0.05, 0.1) is 22.1 Å². The van der Waals surface area contributed by atoms with Gasteiger partial charge in [-0.25, -0.2) is 4.79 Å². The van der Waals surface area contributed by atoms with Crippen molar-refractivity contribution in [3.63, 3.8) is 0 Å². The molecule has 0 atom stereocenters. The van der Waals surface area contributed by atoms with E-state index in [4.69, 9.17) is 9.84 Å². The zero-order chi connectivity index (χ0) is 19.1. The summed E-state index contributed by atoms with van der Waals surface area (Å²) in [6, 6.07) is 9.44. The first-order chi connectivity index (χ1) is 12.4. The highest BCUT2D eigenvalue weighted by molar-refractivity contribution is 5.81. The normalized spacial score (nSPS) is 10.5. The van der Waals surface area contributed by atoms with Crippen LogP contribution in [0.1, 0.15) is 5.56 Å². The van der Waals surface area contributed by atoms with Gasteiger partial charge in [-0.15, -0.1) is 0 Å². The quantitative estimate of drug-likeness (QED) is 0.412. The largest absolute Gasteiger partial charge is 0.482 e. The van der Waals surface area contributed by atoms with E-state index in [1.54, 1.807) is 24.3 Å². The molecule has 0 saturated heterocycles. The lowest BCUT2D eigenvalue weighted by molar-refractivity contribution is -0.393. The molecular formula is C15H12N4O7. The molecule has 0 spiro atoms. The number of nitrogens with zero attached hydrogens (tertiary/aromatic N) is 3. The second-order valence-corrected chi connectivity index (χ2v) is 4.84. The molecule has 26 heavy (non-hydrogen) atoms. The smallest absolute Gasteiger partial charge is 0.341 e. The number of carboxylic acid groups (broad SMARTS) is 1. The predicted molar refractivity (Wildman–Crippen MR) is 90.5 cm³/mol. The SMILES string of the molecule is O=C(O)COc1ccc(/C=N\Nc2ccc([N+](=O)[O-])cc2[N+](=O)[O-])cc1. The highest BCUT2D eigenvalue weighted by atomic mass is 16.6. The van der Waals surface area contributed by atoms with E-state index < -0.39 is 33.8 Å². The molecular weight excluding hydrogens is 348 g/mol. The molecule has 2 aromatic carbocycles. The van der Waals surface area contributed by atoms with E-state index >= 15 is 0 Å². The minimum absolute atomic E-state index is 0.00161. The third-order valence-corrected chi connectivity index (χ3v) is 3.03. The van der Waals surface area contributed by atoms with Crippen molar-refractivity contribution in [1.82, 2.24) is 0 Å². The second-order valence-electron chi connectivity index (χ2n) is 4.84. The van der Waals surface area contributed by atoms with Crippen molar-refractivity contribution in [2.45, 2.75) is 0 Å². The van der Waals surface area contributed by atoms with Crippen LogP contribution < -0.4 is 10.2 Å². The summed E-state index contributed by atoms with van der Waals surface area (Å²) in [6.45, 7) is -0.460. The fourth-order valence-electron chi connectivity index (χ4n) is 1.85. The van der Waals surface area contributed by atoms with Crippen LogP contribution in [0.3, 0.4) is 0 Å². The maximum atomic E-state index is 11.0. The Labute approximate surface area is 145 Å². The van der Waals surface area contributed by atoms with Crippen molar-refractivity contribution < 1.29 is 24.5 Å². The van der Waals surface area contributed by atoms with Gasteiger partial charge in [0.25, 0.3) is 5.69 Å². The molecule has 134 valence electrons. The van der Waals surface area contributed by atoms with Crippen LogP contribution in [0, 0.1) is 20.2 Å². The highest BCUT2D eigenvalue weighted by Gasteiger charge is 2.19. The number of benzene rings is 2. The van der Waals surface area contributed by atoms with E-state index in [2.05, 4.69) is 10.5 Å². The number of nitrogens with one attached hydrogen (secondary N) is 1. The number of hydrazone groups is 1. The number of aliphatic carboxylic acids is 1. The van der Waals surface area contributed by atoms with Crippen LogP contribution in [0.25, 0.3) is 0 Å². The lowest BCUT2D eigenvalue weighted by Crippen LogP contribution is -2.09. The molecule has 0 bridgehead atoms. The van der Waals surface area contributed by atoms with E-state index in [1.807, 2.05) is 0 Å². The van der Waals surface area contributed by atoms with Crippen LogP contribution in [-0.4, -0.2) is 33.7 Å². The first-order valence-electron chi connectivity index (χ1n) is 7.03. The van der Waals surface area contributed by atoms with Gasteiger partial charge in [0, 0.05) is 6.07 Å². The summed E-state index contributed by atoms with van der Waals surface area (Å²) in [6.07, 6.45) is 1.37. The van der Waals surface area contributed by atoms with Crippen LogP contribution in [-0.2, 0) is 4.79 Å². The van der Waals surface area contributed by atoms with Gasteiger partial charge in [0.1, 0.15) is 11.4 Å². The van der Waals surface area contributed by atoms with Crippen molar-refractivity contribution in [2.75, 3.05) is 12.0 Å². The van der Waals surface area contributed by atoms with Gasteiger partial charge in [0.15, 0.2) is 6.61 Å². The molecule has 0 aliphatic carbocycles. The number of hydrogen-bond donors (Lipinski definition) is 2. The zero-order valence-corrected chi connectivity index (χ0v) is 13.1. The molecule has 0 fully saturated rings. The highest BCUT2D eigenvalue weighted by Crippen LogP contribution is 2.28. The van der Waals surface area contributed by atoms with Gasteiger partial charge >= 0.3 is 11.7 Å². The molecule has 0 aliphatic rings. The fraction of sp³-hybridized carbons (Fsp3) is 0.0667. The molecule has 0 heterocycles. The summed E-state index contributed by atoms with van der Waals surface area (Å²) in [7, 11) is 0. The molecule has 0 unspecified atom stereocenters. The molecule has 0 aliphatic heterocycles. The topological polar surface area (TPSA) is 157 Å². The molecule has 2 N–H and O–H groups in total. The van der Waals surface area contributed by atoms with E-state index in [-0.39, 0.29) is 5.69 Å². The average Bonchev–Trinajstić information content (AvgIpc) is 2.60. The molecule has 0 radical (unpaired) electrons. The first kappa shape index (κ1) is 18.3. The van der Waals surface area contributed by atoms with E-state index in [0.29, 0.717) is 11.3 Å². The maximum absolute atomic E-state index is 11.0. The number of non-ortho nitro benzene ring substituents is 1. The Morgan fingerprint density at radius 1 is 1.15 bits per heavy atom. The van der Waals surface area contributed by atoms with Crippen LogP contribution in [0.4, 0.5) is 17.1 Å². The Balaban J connectivity index is 2.07. The van der Waals surface area contributed by atoms with Gasteiger partial charge in [-0.1, -0.05) is 0 Å². The summed E-state index contributed by atoms with van der Waals surface area (Å²) < 4.78 is 4.98. The van der Waals surface area contributed by atoms with Crippen LogP contribution >= 0.6 is 0 Å². The molecule has 0 amide bonds. The number of nitro benzene ring substituents is 2. The van der Waals surface area contributed by atoms with Gasteiger partial charge in [-0.05, 0) is 35.9 Å². The van der Waals surface area contributed by atoms with Crippen molar-refractivity contribution >= 4 is 29.2 Å². The van der Waals surface area contributed by atoms with Crippen LogP contribution in [0.2, 0.25) is 0 Å². The summed E-state index contributed by atoms with van der Waals surface area (Å²) in [5.41, 5.74) is 2.20. The number of anilines is 1. The fourth-order valence-corrected chi connectivity index (χ4v) is 1.85. The molecule has 2 aromatic rings. The Bertz CT molecular complexity index is 865. The number of nitro groups is 2. The van der Waals surface area contributed by atoms with Crippen molar-refractivity contribution in [1.29, 1.82) is 0 Å². The molecule has 11 heteroatoms. The Kier molecular flexibility index (Phi) is 5.77. The summed E-state index contributed by atoms with van der Waals surface area (Å²) in [5.74, 6) is -0.729. The van der Waals surface area contributed by atoms with Crippen molar-refractivity contribution in [3.05, 3.63) is 68.3 Å². The minimum Gasteiger partial charge on any atom is -0.482 e. The molecule has 0 saturated carbocycles. The number of hydrogen-bond acceptors (Lipinski definition) is 8. The lowest BCUT2D eigenvalue weighted by Gasteiger charge is -2.03. The van der Waals surface area contributed by atoms with Crippen molar-refractivity contribution in [3.8, 4) is 5.75 Å². The Morgan fingerprint density at radius 2 is 1.85 bits per heavy atom. The third-order valence-electron chi connectivity index (χ3n) is 3.03. The lowest BCUT2D eigenvalue weighted by atomic mass is 10.2. The molecule has 0 aromatic heterocycles. The van der Waals surface area contributed by atoms with Crippen LogP contribution in [0.15, 0.2) is 47.6 Å². The first-order valence-corrected chi connectivity index (χ1v) is 7.03. The van der Waals surface area contributed by atoms with E-state index in [0.717, 1.165) is 12.1 Å². The minimum atomic E-state index is -1.09. The average molecular weight is 360 g/mol. The zero-order valence-electron chi connectivity index (χ0n) is 13.1. The number of carbonyl (C=O) groups is 1. The summed E-state index contributed by atoms with van der Waals surface area (Å²) >= 11 is 0. The predicted octanol–water partition coefficient (Wildman–Crippen LogP) is 2.41. The second kappa shape index (κ2) is 8.19. The maximum Gasteiger partial charge on any atom is 0.341 e. The Hall–Kier alpha value is -4.02. The monoisotopic (exact) mass is 360 g/mol. The van der Waals surface area contributed by atoms with Crippen molar-refractivity contribution in [2.24, 2.45) is 5.10 Å². The van der Waals surface area contributed by atoms with E-state index in [1.165, 1.54) is 12.3 Å². The van der Waals surface area contributed by atoms with Gasteiger partial charge < -0.3 is 9.84 Å². The third kappa shape index (κ3) is 4.99.